The Kier molecular flexibility index (Phi) is 5.80. The predicted octanol–water partition coefficient (Wildman–Crippen LogP) is 3.76. The van der Waals surface area contributed by atoms with E-state index in [1.165, 1.54) is 14.2 Å². The first-order valence-corrected chi connectivity index (χ1v) is 9.13. The number of phenolic OH excluding ortho intramolecular Hbond substituents is 1. The summed E-state index contributed by atoms with van der Waals surface area (Å²) in [5, 5.41) is 11.8. The summed E-state index contributed by atoms with van der Waals surface area (Å²) < 4.78 is 5.45. The van der Waals surface area contributed by atoms with E-state index in [1.807, 2.05) is 53.7 Å². The molecule has 0 atom stereocenters. The Hall–Kier alpha value is -2.54. The van der Waals surface area contributed by atoms with Gasteiger partial charge in [-0.15, -0.1) is 0 Å². The highest BCUT2D eigenvalue weighted by molar-refractivity contribution is 6.06. The molecule has 1 aliphatic heterocycles. The number of phenols is 1. The van der Waals surface area contributed by atoms with Gasteiger partial charge in [-0.25, -0.2) is 14.8 Å². The first kappa shape index (κ1) is 21.8. The number of amides is 3. The van der Waals surface area contributed by atoms with Crippen LogP contribution in [0.4, 0.5) is 4.79 Å². The molecule has 0 radical (unpaired) electrons. The fourth-order valence-corrected chi connectivity index (χ4v) is 2.92. The molecule has 2 rings (SSSR count). The molecule has 0 aliphatic carbocycles. The highest BCUT2D eigenvalue weighted by Crippen LogP contribution is 2.40. The standard InChI is InChI=1S/C21H30N2O5/c1-20(2,3)14-9-13(10-15(17(14)24)21(4,5)6)11-16-18(25)23(12-28-16)19(26)22(7)27-8/h9-11,24H,12H2,1-8H3. The Balaban J connectivity index is 2.49. The van der Waals surface area contributed by atoms with Gasteiger partial charge in [0.15, 0.2) is 12.5 Å². The minimum Gasteiger partial charge on any atom is -0.507 e. The molecule has 3 amide bonds. The molecule has 1 heterocycles. The summed E-state index contributed by atoms with van der Waals surface area (Å²) in [5.41, 5.74) is 1.71. The van der Waals surface area contributed by atoms with E-state index in [1.54, 1.807) is 6.08 Å². The zero-order valence-corrected chi connectivity index (χ0v) is 17.9. The number of hydroxylamine groups is 2. The Morgan fingerprint density at radius 3 is 2.11 bits per heavy atom. The van der Waals surface area contributed by atoms with Crippen molar-refractivity contribution in [2.24, 2.45) is 0 Å². The van der Waals surface area contributed by atoms with Crippen LogP contribution in [-0.2, 0) is 25.2 Å². The van der Waals surface area contributed by atoms with E-state index < -0.39 is 11.9 Å². The van der Waals surface area contributed by atoms with E-state index in [0.29, 0.717) is 0 Å². The van der Waals surface area contributed by atoms with Crippen molar-refractivity contribution in [3.63, 3.8) is 0 Å². The van der Waals surface area contributed by atoms with Crippen LogP contribution in [0.2, 0.25) is 0 Å². The fraction of sp³-hybridized carbons (Fsp3) is 0.524. The predicted molar refractivity (Wildman–Crippen MR) is 106 cm³/mol. The van der Waals surface area contributed by atoms with E-state index in [2.05, 4.69) is 0 Å². The lowest BCUT2D eigenvalue weighted by Gasteiger charge is -2.27. The first-order valence-electron chi connectivity index (χ1n) is 9.13. The number of carbonyl (C=O) groups excluding carboxylic acids is 2. The summed E-state index contributed by atoms with van der Waals surface area (Å²) in [6.07, 6.45) is 1.60. The topological polar surface area (TPSA) is 79.3 Å². The molecule has 0 bridgehead atoms. The number of benzene rings is 1. The van der Waals surface area contributed by atoms with E-state index in [9.17, 15) is 14.7 Å². The molecule has 154 valence electrons. The maximum absolute atomic E-state index is 12.6. The molecule has 1 aliphatic rings. The SMILES string of the molecule is CON(C)C(=O)N1COC(=Cc2cc(C(C)(C)C)c(O)c(C(C)(C)C)c2)C1=O. The average Bonchev–Trinajstić information content (AvgIpc) is 2.93. The molecule has 0 spiro atoms. The molecule has 0 aromatic heterocycles. The molecule has 1 aromatic rings. The van der Waals surface area contributed by atoms with Crippen molar-refractivity contribution in [2.45, 2.75) is 52.4 Å². The highest BCUT2D eigenvalue weighted by Gasteiger charge is 2.35. The number of hydrogen-bond acceptors (Lipinski definition) is 5. The lowest BCUT2D eigenvalue weighted by Crippen LogP contribution is -2.41. The first-order chi connectivity index (χ1) is 12.8. The number of urea groups is 1. The number of ether oxygens (including phenoxy) is 1. The van der Waals surface area contributed by atoms with Crippen LogP contribution in [0, 0.1) is 0 Å². The summed E-state index contributed by atoms with van der Waals surface area (Å²) in [5.74, 6) is -0.195. The molecule has 28 heavy (non-hydrogen) atoms. The number of rotatable bonds is 2. The minimum absolute atomic E-state index is 0.0725. The van der Waals surface area contributed by atoms with Gasteiger partial charge in [-0.2, -0.15) is 0 Å². The second-order valence-corrected chi connectivity index (χ2v) is 8.94. The molecule has 1 fully saturated rings. The third-order valence-corrected chi connectivity index (χ3v) is 4.63. The molecule has 7 heteroatoms. The molecule has 7 nitrogen and oxygen atoms in total. The zero-order valence-electron chi connectivity index (χ0n) is 17.9. The molecule has 0 unspecified atom stereocenters. The van der Waals surface area contributed by atoms with Gasteiger partial charge < -0.3 is 9.84 Å². The van der Waals surface area contributed by atoms with Crippen LogP contribution >= 0.6 is 0 Å². The Labute approximate surface area is 166 Å². The summed E-state index contributed by atoms with van der Waals surface area (Å²) in [7, 11) is 2.76. The van der Waals surface area contributed by atoms with Gasteiger partial charge in [0.25, 0.3) is 5.91 Å². The Bertz CT molecular complexity index is 780. The minimum atomic E-state index is -0.604. The normalized spacial score (nSPS) is 16.5. The summed E-state index contributed by atoms with van der Waals surface area (Å²) in [6.45, 7) is 11.9. The fourth-order valence-electron chi connectivity index (χ4n) is 2.92. The van der Waals surface area contributed by atoms with Crippen molar-refractivity contribution >= 4 is 18.0 Å². The lowest BCUT2D eigenvalue weighted by molar-refractivity contribution is -0.126. The summed E-state index contributed by atoms with van der Waals surface area (Å²) in [4.78, 5) is 30.5. The quantitative estimate of drug-likeness (QED) is 0.614. The van der Waals surface area contributed by atoms with Crippen molar-refractivity contribution in [3.8, 4) is 5.75 Å². The zero-order chi connectivity index (χ0) is 21.4. The van der Waals surface area contributed by atoms with Gasteiger partial charge in [0.2, 0.25) is 0 Å². The number of nitrogens with zero attached hydrogens (tertiary/aromatic N) is 2. The maximum Gasteiger partial charge on any atom is 0.353 e. The smallest absolute Gasteiger partial charge is 0.353 e. The van der Waals surface area contributed by atoms with Crippen LogP contribution in [0.3, 0.4) is 0 Å². The van der Waals surface area contributed by atoms with Gasteiger partial charge in [0.1, 0.15) is 5.75 Å². The van der Waals surface area contributed by atoms with E-state index in [4.69, 9.17) is 9.57 Å². The molecule has 1 N–H and O–H groups in total. The van der Waals surface area contributed by atoms with Crippen molar-refractivity contribution in [1.82, 2.24) is 9.96 Å². The summed E-state index contributed by atoms with van der Waals surface area (Å²) >= 11 is 0. The van der Waals surface area contributed by atoms with Crippen molar-refractivity contribution < 1.29 is 24.3 Å². The number of imide groups is 1. The van der Waals surface area contributed by atoms with Crippen LogP contribution in [0.25, 0.3) is 6.08 Å². The van der Waals surface area contributed by atoms with Gasteiger partial charge in [0, 0.05) is 18.2 Å². The number of hydrogen-bond donors (Lipinski definition) is 1. The van der Waals surface area contributed by atoms with Crippen LogP contribution in [0.5, 0.6) is 5.75 Å². The van der Waals surface area contributed by atoms with E-state index >= 15 is 0 Å². The number of carbonyl (C=O) groups is 2. The van der Waals surface area contributed by atoms with Crippen molar-refractivity contribution in [3.05, 3.63) is 34.6 Å². The number of aromatic hydroxyl groups is 1. The molecule has 1 aromatic carbocycles. The van der Waals surface area contributed by atoms with E-state index in [0.717, 1.165) is 26.7 Å². The Morgan fingerprint density at radius 2 is 1.68 bits per heavy atom. The third-order valence-electron chi connectivity index (χ3n) is 4.63. The lowest BCUT2D eigenvalue weighted by atomic mass is 9.78. The largest absolute Gasteiger partial charge is 0.507 e. The third kappa shape index (κ3) is 4.30. The highest BCUT2D eigenvalue weighted by atomic mass is 16.7. The van der Waals surface area contributed by atoms with Crippen LogP contribution in [0.1, 0.15) is 58.2 Å². The Morgan fingerprint density at radius 1 is 1.18 bits per heavy atom. The van der Waals surface area contributed by atoms with Crippen LogP contribution < -0.4 is 0 Å². The van der Waals surface area contributed by atoms with Crippen LogP contribution in [-0.4, -0.2) is 47.9 Å². The van der Waals surface area contributed by atoms with Gasteiger partial charge >= 0.3 is 6.03 Å². The average molecular weight is 390 g/mol. The van der Waals surface area contributed by atoms with Crippen molar-refractivity contribution in [1.29, 1.82) is 0 Å². The van der Waals surface area contributed by atoms with E-state index in [-0.39, 0.29) is 29.1 Å². The van der Waals surface area contributed by atoms with Crippen molar-refractivity contribution in [2.75, 3.05) is 20.9 Å². The molecule has 0 saturated carbocycles. The van der Waals surface area contributed by atoms with Gasteiger partial charge in [0.05, 0.1) is 7.11 Å². The molecular weight excluding hydrogens is 360 g/mol. The second-order valence-electron chi connectivity index (χ2n) is 8.94. The summed E-state index contributed by atoms with van der Waals surface area (Å²) in [6, 6.07) is 3.09. The molecular formula is C21H30N2O5. The monoisotopic (exact) mass is 390 g/mol. The molecule has 1 saturated heterocycles. The van der Waals surface area contributed by atoms with Gasteiger partial charge in [-0.05, 0) is 34.6 Å². The maximum atomic E-state index is 12.6. The van der Waals surface area contributed by atoms with Gasteiger partial charge in [-0.1, -0.05) is 41.5 Å². The second kappa shape index (κ2) is 7.47. The van der Waals surface area contributed by atoms with Gasteiger partial charge in [-0.3, -0.25) is 9.63 Å². The van der Waals surface area contributed by atoms with Crippen LogP contribution in [0.15, 0.2) is 17.9 Å².